The molecular formula is C20H26F3N7O3S. The number of aliphatic carboxylic acids is 1. The van der Waals surface area contributed by atoms with E-state index in [9.17, 15) is 18.0 Å². The molecule has 0 atom stereocenters. The zero-order chi connectivity index (χ0) is 24.9. The van der Waals surface area contributed by atoms with Gasteiger partial charge in [0.25, 0.3) is 5.56 Å². The minimum Gasteiger partial charge on any atom is -0.475 e. The van der Waals surface area contributed by atoms with Crippen molar-refractivity contribution in [2.24, 2.45) is 7.05 Å². The summed E-state index contributed by atoms with van der Waals surface area (Å²) in [7, 11) is 1.80. The molecule has 2 aromatic rings. The maximum atomic E-state index is 13.2. The van der Waals surface area contributed by atoms with Crippen molar-refractivity contribution < 1.29 is 23.1 Å². The summed E-state index contributed by atoms with van der Waals surface area (Å²) in [5.74, 6) is 6.88. The smallest absolute Gasteiger partial charge is 0.475 e. The van der Waals surface area contributed by atoms with Crippen LogP contribution in [0.2, 0.25) is 0 Å². The van der Waals surface area contributed by atoms with E-state index in [0.717, 1.165) is 56.7 Å². The van der Waals surface area contributed by atoms with Crippen molar-refractivity contribution in [3.8, 4) is 11.8 Å². The van der Waals surface area contributed by atoms with Crippen molar-refractivity contribution in [1.29, 1.82) is 0 Å². The van der Waals surface area contributed by atoms with Crippen LogP contribution in [0.25, 0.3) is 11.2 Å². The van der Waals surface area contributed by atoms with Crippen molar-refractivity contribution in [1.82, 2.24) is 24.4 Å². The van der Waals surface area contributed by atoms with Crippen molar-refractivity contribution in [2.45, 2.75) is 19.6 Å². The Kier molecular flexibility index (Phi) is 8.32. The van der Waals surface area contributed by atoms with E-state index in [0.29, 0.717) is 23.7 Å². The number of carboxylic acids is 1. The molecule has 34 heavy (non-hydrogen) atoms. The van der Waals surface area contributed by atoms with E-state index in [2.05, 4.69) is 27.0 Å². The second kappa shape index (κ2) is 11.0. The summed E-state index contributed by atoms with van der Waals surface area (Å²) in [5, 5.41) is 10.5. The number of alkyl halides is 3. The van der Waals surface area contributed by atoms with Gasteiger partial charge in [0.05, 0.1) is 6.54 Å². The van der Waals surface area contributed by atoms with Crippen LogP contribution in [0.1, 0.15) is 6.92 Å². The van der Waals surface area contributed by atoms with Gasteiger partial charge in [-0.2, -0.15) is 34.9 Å². The second-order valence-electron chi connectivity index (χ2n) is 7.51. The maximum Gasteiger partial charge on any atom is 0.490 e. The van der Waals surface area contributed by atoms with Crippen molar-refractivity contribution in [3.05, 3.63) is 10.4 Å². The van der Waals surface area contributed by atoms with Crippen LogP contribution in [-0.2, 0) is 18.4 Å². The number of hydrogen-bond acceptors (Lipinski definition) is 8. The van der Waals surface area contributed by atoms with Crippen LogP contribution >= 0.6 is 11.8 Å². The van der Waals surface area contributed by atoms with Crippen LogP contribution in [0.4, 0.5) is 25.1 Å². The predicted octanol–water partition coefficient (Wildman–Crippen LogP) is 0.749. The molecule has 2 aliphatic rings. The molecule has 0 unspecified atom stereocenters. The van der Waals surface area contributed by atoms with Gasteiger partial charge >= 0.3 is 12.1 Å². The zero-order valence-electron chi connectivity index (χ0n) is 18.9. The van der Waals surface area contributed by atoms with Crippen LogP contribution < -0.4 is 20.7 Å². The van der Waals surface area contributed by atoms with E-state index in [1.807, 2.05) is 23.3 Å². The van der Waals surface area contributed by atoms with Gasteiger partial charge in [-0.1, -0.05) is 5.92 Å². The molecule has 0 aromatic carbocycles. The monoisotopic (exact) mass is 501 g/mol. The second-order valence-corrected chi connectivity index (χ2v) is 8.74. The third-order valence-corrected chi connectivity index (χ3v) is 6.23. The van der Waals surface area contributed by atoms with Crippen LogP contribution in [-0.4, -0.2) is 87.1 Å². The molecule has 14 heteroatoms. The Hall–Kier alpha value is -2.92. The molecule has 2 aromatic heterocycles. The fraction of sp³-hybridized carbons (Fsp3) is 0.600. The number of imidazole rings is 1. The Morgan fingerprint density at radius 1 is 1.12 bits per heavy atom. The van der Waals surface area contributed by atoms with E-state index in [-0.39, 0.29) is 5.56 Å². The van der Waals surface area contributed by atoms with Crippen molar-refractivity contribution >= 4 is 40.8 Å². The molecule has 2 aliphatic heterocycles. The van der Waals surface area contributed by atoms with Gasteiger partial charge in [-0.05, 0) is 6.92 Å². The number of fused-ring (bicyclic) bond motifs is 1. The lowest BCUT2D eigenvalue weighted by atomic mass is 10.4. The highest BCUT2D eigenvalue weighted by molar-refractivity contribution is 7.99. The number of rotatable bonds is 3. The summed E-state index contributed by atoms with van der Waals surface area (Å²) in [6, 6.07) is 0. The van der Waals surface area contributed by atoms with E-state index < -0.39 is 12.1 Å². The minimum atomic E-state index is -5.08. The lowest BCUT2D eigenvalue weighted by molar-refractivity contribution is -0.192. The van der Waals surface area contributed by atoms with Crippen LogP contribution in [0, 0.1) is 11.8 Å². The fourth-order valence-electron chi connectivity index (χ4n) is 3.60. The molecule has 0 bridgehead atoms. The van der Waals surface area contributed by atoms with E-state index in [1.165, 1.54) is 0 Å². The first-order valence-corrected chi connectivity index (χ1v) is 11.8. The van der Waals surface area contributed by atoms with Crippen molar-refractivity contribution in [3.63, 3.8) is 0 Å². The summed E-state index contributed by atoms with van der Waals surface area (Å²) in [4.78, 5) is 36.1. The Morgan fingerprint density at radius 2 is 1.68 bits per heavy atom. The molecule has 0 saturated carbocycles. The number of hydrogen-bond donors (Lipinski definition) is 2. The normalized spacial score (nSPS) is 16.5. The minimum absolute atomic E-state index is 0.0555. The van der Waals surface area contributed by atoms with Crippen LogP contribution in [0.5, 0.6) is 0 Å². The van der Waals surface area contributed by atoms with Crippen molar-refractivity contribution in [2.75, 3.05) is 60.6 Å². The number of halogens is 3. The van der Waals surface area contributed by atoms with Gasteiger partial charge in [-0.15, -0.1) is 5.92 Å². The number of nitrogens with zero attached hydrogens (tertiary/aromatic N) is 6. The summed E-state index contributed by atoms with van der Waals surface area (Å²) < 4.78 is 35.3. The molecule has 0 spiro atoms. The molecule has 186 valence electrons. The quantitative estimate of drug-likeness (QED) is 0.589. The summed E-state index contributed by atoms with van der Waals surface area (Å²) in [6.45, 7) is 7.61. The van der Waals surface area contributed by atoms with Gasteiger partial charge in [0.1, 0.15) is 0 Å². The molecule has 2 saturated heterocycles. The first-order valence-electron chi connectivity index (χ1n) is 10.6. The summed E-state index contributed by atoms with van der Waals surface area (Å²) >= 11 is 1.94. The van der Waals surface area contributed by atoms with Gasteiger partial charge in [0.15, 0.2) is 11.2 Å². The summed E-state index contributed by atoms with van der Waals surface area (Å²) in [6.07, 6.45) is -5.08. The molecule has 0 amide bonds. The number of piperazine rings is 1. The highest BCUT2D eigenvalue weighted by Crippen LogP contribution is 2.23. The number of carboxylic acid groups (broad SMARTS) is 1. The lowest BCUT2D eigenvalue weighted by Gasteiger charge is -2.28. The maximum absolute atomic E-state index is 13.2. The molecule has 10 nitrogen and oxygen atoms in total. The topological polar surface area (TPSA) is 109 Å². The van der Waals surface area contributed by atoms with E-state index in [4.69, 9.17) is 19.9 Å². The first-order chi connectivity index (χ1) is 16.1. The Bertz CT molecular complexity index is 1140. The number of carbonyl (C=O) groups is 1. The fourth-order valence-corrected chi connectivity index (χ4v) is 4.50. The molecule has 2 N–H and O–H groups in total. The molecule has 0 radical (unpaired) electrons. The number of thioether (sulfide) groups is 1. The predicted molar refractivity (Wildman–Crippen MR) is 125 cm³/mol. The van der Waals surface area contributed by atoms with Gasteiger partial charge < -0.3 is 20.2 Å². The number of anilines is 2. The third kappa shape index (κ3) is 5.76. The van der Waals surface area contributed by atoms with Gasteiger partial charge in [0.2, 0.25) is 11.9 Å². The van der Waals surface area contributed by atoms with Crippen LogP contribution in [0.15, 0.2) is 4.79 Å². The first kappa shape index (κ1) is 25.7. The SMILES string of the molecule is CC#CCn1c(N2CCNCC2)nc2nc(N3CCSCC3)n(C)c(=O)c21.O=C(O)C(F)(F)F. The Labute approximate surface area is 198 Å². The lowest BCUT2D eigenvalue weighted by Crippen LogP contribution is -2.44. The number of nitrogens with one attached hydrogen (secondary N) is 1. The molecule has 4 rings (SSSR count). The molecule has 2 fully saturated rings. The molecule has 0 aliphatic carbocycles. The van der Waals surface area contributed by atoms with Gasteiger partial charge in [-0.25, -0.2) is 4.79 Å². The number of aromatic nitrogens is 4. The zero-order valence-corrected chi connectivity index (χ0v) is 19.7. The highest BCUT2D eigenvalue weighted by Gasteiger charge is 2.38. The van der Waals surface area contributed by atoms with Gasteiger partial charge in [0, 0.05) is 57.8 Å². The summed E-state index contributed by atoms with van der Waals surface area (Å²) in [5.41, 5.74) is 1.02. The average molecular weight is 502 g/mol. The Balaban J connectivity index is 0.000000406. The molecule has 4 heterocycles. The van der Waals surface area contributed by atoms with E-state index in [1.54, 1.807) is 11.6 Å². The van der Waals surface area contributed by atoms with Gasteiger partial charge in [-0.3, -0.25) is 13.9 Å². The largest absolute Gasteiger partial charge is 0.490 e. The molecular weight excluding hydrogens is 475 g/mol. The Morgan fingerprint density at radius 3 is 2.24 bits per heavy atom. The third-order valence-electron chi connectivity index (χ3n) is 5.29. The highest BCUT2D eigenvalue weighted by atomic mass is 32.2. The average Bonchev–Trinajstić information content (AvgIpc) is 3.19. The van der Waals surface area contributed by atoms with E-state index >= 15 is 0 Å². The standard InChI is InChI=1S/C18H25N7OS.C2HF3O2/c1-3-4-7-25-14-15(21-18(25)23-8-5-19-6-9-23)20-17(22(2)16(14)26)24-10-12-27-13-11-24;3-2(4,5)1(6)7/h19H,5-13H2,1-2H3;(H,6,7). The van der Waals surface area contributed by atoms with Crippen LogP contribution in [0.3, 0.4) is 0 Å².